The van der Waals surface area contributed by atoms with E-state index >= 15 is 0 Å². The Morgan fingerprint density at radius 2 is 1.36 bits per heavy atom. The van der Waals surface area contributed by atoms with Crippen molar-refractivity contribution in [1.82, 2.24) is 0 Å². The summed E-state index contributed by atoms with van der Waals surface area (Å²) < 4.78 is -3.04. The van der Waals surface area contributed by atoms with Gasteiger partial charge in [-0.1, -0.05) is 71.9 Å². The normalized spacial score (nSPS) is 14.2. The third-order valence-corrected chi connectivity index (χ3v) is 4.66. The van der Waals surface area contributed by atoms with E-state index in [0.29, 0.717) is 0 Å². The van der Waals surface area contributed by atoms with E-state index in [9.17, 15) is 0 Å². The number of halogens is 5. The van der Waals surface area contributed by atoms with Crippen LogP contribution in [0.15, 0.2) is 0 Å². The number of hydrogen-bond donors (Lipinski definition) is 0. The molecule has 0 aliphatic rings. The zero-order chi connectivity index (χ0) is 9.28. The zero-order valence-corrected chi connectivity index (χ0v) is 10.5. The number of hydrogen-bond acceptors (Lipinski definition) is 1. The molecule has 0 radical (unpaired) electrons. The molecule has 0 nitrogen and oxygen atoms in total. The lowest BCUT2D eigenvalue weighted by molar-refractivity contribution is 1.05. The Bertz CT molecular complexity index is 127. The highest BCUT2D eigenvalue weighted by atomic mass is 35.6. The molecular formula is C5H7Cl5S. The first-order chi connectivity index (χ1) is 4.67. The van der Waals surface area contributed by atoms with Gasteiger partial charge in [-0.3, -0.25) is 0 Å². The van der Waals surface area contributed by atoms with Crippen LogP contribution in [-0.2, 0) is 0 Å². The topological polar surface area (TPSA) is 0 Å². The van der Waals surface area contributed by atoms with Gasteiger partial charge in [0.25, 0.3) is 0 Å². The van der Waals surface area contributed by atoms with Crippen LogP contribution in [0.4, 0.5) is 0 Å². The minimum atomic E-state index is -1.66. The van der Waals surface area contributed by atoms with Gasteiger partial charge < -0.3 is 0 Å². The predicted octanol–water partition coefficient (Wildman–Crippen LogP) is 4.63. The van der Waals surface area contributed by atoms with E-state index in [1.165, 1.54) is 11.8 Å². The summed E-state index contributed by atoms with van der Waals surface area (Å²) in [5.74, 6) is 0. The van der Waals surface area contributed by atoms with Crippen LogP contribution in [0.1, 0.15) is 13.8 Å². The Morgan fingerprint density at radius 1 is 1.00 bits per heavy atom. The van der Waals surface area contributed by atoms with Crippen molar-refractivity contribution in [2.24, 2.45) is 0 Å². The van der Waals surface area contributed by atoms with Crippen molar-refractivity contribution in [3.05, 3.63) is 0 Å². The SMILES string of the molecule is CC(C)SC(Cl)(Cl)C(Cl)(Cl)Cl. The molecule has 0 unspecified atom stereocenters. The summed E-state index contributed by atoms with van der Waals surface area (Å²) in [6, 6.07) is 0. The molecule has 6 heteroatoms. The average molecular weight is 276 g/mol. The van der Waals surface area contributed by atoms with Crippen LogP contribution >= 0.6 is 69.8 Å². The van der Waals surface area contributed by atoms with Crippen molar-refractivity contribution < 1.29 is 0 Å². The average Bonchev–Trinajstić information content (AvgIpc) is 1.56. The fourth-order valence-electron chi connectivity index (χ4n) is 0.363. The van der Waals surface area contributed by atoms with E-state index in [2.05, 4.69) is 0 Å². The molecule has 0 aliphatic carbocycles. The first-order valence-electron chi connectivity index (χ1n) is 2.79. The summed E-state index contributed by atoms with van der Waals surface area (Å²) in [5.41, 5.74) is 0. The Kier molecular flexibility index (Phi) is 5.05. The molecule has 0 heterocycles. The predicted molar refractivity (Wildman–Crippen MR) is 57.5 cm³/mol. The molecule has 0 saturated heterocycles. The molecule has 11 heavy (non-hydrogen) atoms. The molecule has 0 N–H and O–H groups in total. The fraction of sp³-hybridized carbons (Fsp3) is 1.00. The van der Waals surface area contributed by atoms with Crippen LogP contribution in [0, 0.1) is 0 Å². The van der Waals surface area contributed by atoms with Gasteiger partial charge in [-0.05, 0) is 0 Å². The van der Waals surface area contributed by atoms with Gasteiger partial charge in [0.05, 0.1) is 0 Å². The highest BCUT2D eigenvalue weighted by molar-refractivity contribution is 8.04. The van der Waals surface area contributed by atoms with E-state index in [0.717, 1.165) is 0 Å². The largest absolute Gasteiger partial charge is 0.232 e. The summed E-state index contributed by atoms with van der Waals surface area (Å²) in [7, 11) is 0. The molecule has 0 spiro atoms. The molecule has 0 atom stereocenters. The van der Waals surface area contributed by atoms with Crippen molar-refractivity contribution >= 4 is 69.8 Å². The lowest BCUT2D eigenvalue weighted by Crippen LogP contribution is -2.28. The quantitative estimate of drug-likeness (QED) is 0.663. The maximum absolute atomic E-state index is 5.74. The summed E-state index contributed by atoms with van der Waals surface area (Å²) in [6.45, 7) is 3.83. The van der Waals surface area contributed by atoms with Gasteiger partial charge in [-0.15, -0.1) is 11.8 Å². The van der Waals surface area contributed by atoms with Crippen LogP contribution in [0.2, 0.25) is 0 Å². The number of thioether (sulfide) groups is 1. The van der Waals surface area contributed by atoms with Crippen molar-refractivity contribution in [2.45, 2.75) is 26.6 Å². The van der Waals surface area contributed by atoms with Crippen molar-refractivity contribution in [3.8, 4) is 0 Å². The molecule has 0 fully saturated rings. The van der Waals surface area contributed by atoms with E-state index in [1.807, 2.05) is 13.8 Å². The minimum Gasteiger partial charge on any atom is -0.116 e. The molecule has 0 rings (SSSR count). The summed E-state index contributed by atoms with van der Waals surface area (Å²) in [4.78, 5) is 0. The van der Waals surface area contributed by atoms with Crippen LogP contribution < -0.4 is 0 Å². The Hall–Kier alpha value is 1.80. The third-order valence-electron chi connectivity index (χ3n) is 0.714. The Morgan fingerprint density at radius 3 is 1.45 bits per heavy atom. The zero-order valence-electron chi connectivity index (χ0n) is 5.88. The van der Waals surface area contributed by atoms with Gasteiger partial charge in [0.1, 0.15) is 0 Å². The molecular weight excluding hydrogens is 269 g/mol. The lowest BCUT2D eigenvalue weighted by atomic mass is 10.6. The Labute approximate surface area is 95.8 Å². The van der Waals surface area contributed by atoms with Gasteiger partial charge in [0.2, 0.25) is 7.46 Å². The molecule has 0 amide bonds. The van der Waals surface area contributed by atoms with Crippen LogP contribution in [0.25, 0.3) is 0 Å². The van der Waals surface area contributed by atoms with Crippen molar-refractivity contribution in [2.75, 3.05) is 0 Å². The number of alkyl halides is 5. The van der Waals surface area contributed by atoms with Gasteiger partial charge in [0.15, 0.2) is 0 Å². The van der Waals surface area contributed by atoms with Gasteiger partial charge in [-0.2, -0.15) is 0 Å². The monoisotopic (exact) mass is 274 g/mol. The summed E-state index contributed by atoms with van der Waals surface area (Å²) in [6.07, 6.45) is 0. The van der Waals surface area contributed by atoms with Gasteiger partial charge >= 0.3 is 0 Å². The maximum Gasteiger partial charge on any atom is 0.232 e. The minimum absolute atomic E-state index is 0.209. The second kappa shape index (κ2) is 4.34. The molecule has 0 aromatic heterocycles. The third kappa shape index (κ3) is 4.54. The van der Waals surface area contributed by atoms with Gasteiger partial charge in [0, 0.05) is 5.25 Å². The molecule has 0 aromatic rings. The van der Waals surface area contributed by atoms with E-state index < -0.39 is 7.46 Å². The van der Waals surface area contributed by atoms with Crippen LogP contribution in [0.3, 0.4) is 0 Å². The van der Waals surface area contributed by atoms with Crippen molar-refractivity contribution in [3.63, 3.8) is 0 Å². The molecule has 0 bridgehead atoms. The molecule has 0 aromatic carbocycles. The summed E-state index contributed by atoms with van der Waals surface area (Å²) in [5, 5.41) is 0.209. The first kappa shape index (κ1) is 12.8. The summed E-state index contributed by atoms with van der Waals surface area (Å²) >= 11 is 29.2. The molecule has 0 saturated carbocycles. The van der Waals surface area contributed by atoms with Crippen molar-refractivity contribution in [1.29, 1.82) is 0 Å². The van der Waals surface area contributed by atoms with Gasteiger partial charge in [-0.25, -0.2) is 0 Å². The second-order valence-electron chi connectivity index (χ2n) is 2.18. The van der Waals surface area contributed by atoms with Crippen LogP contribution in [-0.4, -0.2) is 12.7 Å². The van der Waals surface area contributed by atoms with Crippen LogP contribution in [0.5, 0.6) is 0 Å². The first-order valence-corrected chi connectivity index (χ1v) is 5.56. The second-order valence-corrected chi connectivity index (χ2v) is 8.03. The lowest BCUT2D eigenvalue weighted by Gasteiger charge is -2.27. The molecule has 68 valence electrons. The van der Waals surface area contributed by atoms with E-state index in [1.54, 1.807) is 0 Å². The maximum atomic E-state index is 5.74. The smallest absolute Gasteiger partial charge is 0.116 e. The molecule has 0 aliphatic heterocycles. The highest BCUT2D eigenvalue weighted by Crippen LogP contribution is 2.53. The highest BCUT2D eigenvalue weighted by Gasteiger charge is 2.46. The van der Waals surface area contributed by atoms with E-state index in [4.69, 9.17) is 58.0 Å². The fourth-order valence-corrected chi connectivity index (χ4v) is 2.56. The Balaban J connectivity index is 4.22. The number of rotatable bonds is 2. The standard InChI is InChI=1S/C5H7Cl5S/c1-3(2)11-5(9,10)4(6,7)8/h3H,1-2H3. The van der Waals surface area contributed by atoms with E-state index in [-0.39, 0.29) is 5.25 Å².